The van der Waals surface area contributed by atoms with Gasteiger partial charge >= 0.3 is 0 Å². The Balaban J connectivity index is 2.72. The highest BCUT2D eigenvalue weighted by Crippen LogP contribution is 2.24. The number of ether oxygens (including phenoxy) is 1. The van der Waals surface area contributed by atoms with Gasteiger partial charge in [0.05, 0.1) is 11.7 Å². The minimum absolute atomic E-state index is 0.0637. The van der Waals surface area contributed by atoms with Gasteiger partial charge in [0.1, 0.15) is 0 Å². The van der Waals surface area contributed by atoms with Crippen molar-refractivity contribution in [3.8, 4) is 0 Å². The van der Waals surface area contributed by atoms with Gasteiger partial charge in [0.25, 0.3) is 0 Å². The molecule has 0 spiro atoms. The molecule has 0 aliphatic heterocycles. The summed E-state index contributed by atoms with van der Waals surface area (Å²) in [6.07, 6.45) is 1.19. The molecule has 1 N–H and O–H groups in total. The molecule has 1 unspecified atom stereocenters. The van der Waals surface area contributed by atoms with Crippen LogP contribution in [0.1, 0.15) is 45.8 Å². The van der Waals surface area contributed by atoms with Crippen molar-refractivity contribution >= 4 is 11.6 Å². The number of benzene rings is 1. The molecule has 18 heavy (non-hydrogen) atoms. The molecule has 0 amide bonds. The lowest BCUT2D eigenvalue weighted by atomic mass is 10.1. The van der Waals surface area contributed by atoms with Gasteiger partial charge in [0.2, 0.25) is 0 Å². The molecular formula is C15H24ClNO. The van der Waals surface area contributed by atoms with E-state index in [4.69, 9.17) is 16.3 Å². The van der Waals surface area contributed by atoms with Crippen LogP contribution in [0.2, 0.25) is 5.02 Å². The van der Waals surface area contributed by atoms with E-state index in [2.05, 4.69) is 33.0 Å². The zero-order chi connectivity index (χ0) is 13.6. The highest BCUT2D eigenvalue weighted by atomic mass is 35.5. The Morgan fingerprint density at radius 3 is 2.33 bits per heavy atom. The molecule has 0 radical (unpaired) electrons. The van der Waals surface area contributed by atoms with Crippen molar-refractivity contribution in [2.24, 2.45) is 0 Å². The lowest BCUT2D eigenvalue weighted by Crippen LogP contribution is -2.30. The van der Waals surface area contributed by atoms with Gasteiger partial charge in [-0.3, -0.25) is 0 Å². The lowest BCUT2D eigenvalue weighted by molar-refractivity contribution is -0.0605. The maximum atomic E-state index is 6.10. The van der Waals surface area contributed by atoms with Crippen molar-refractivity contribution in [2.75, 3.05) is 13.1 Å². The van der Waals surface area contributed by atoms with Crippen LogP contribution in [-0.2, 0) is 4.74 Å². The third kappa shape index (κ3) is 5.85. The van der Waals surface area contributed by atoms with E-state index < -0.39 is 0 Å². The summed E-state index contributed by atoms with van der Waals surface area (Å²) in [5.41, 5.74) is 1.01. The van der Waals surface area contributed by atoms with Crippen LogP contribution in [-0.4, -0.2) is 18.7 Å². The minimum atomic E-state index is -0.155. The molecule has 0 aliphatic rings. The molecule has 1 rings (SSSR count). The first kappa shape index (κ1) is 15.5. The van der Waals surface area contributed by atoms with E-state index in [-0.39, 0.29) is 11.7 Å². The molecule has 0 fully saturated rings. The number of rotatable bonds is 6. The zero-order valence-electron chi connectivity index (χ0n) is 11.8. The van der Waals surface area contributed by atoms with Crippen molar-refractivity contribution in [3.63, 3.8) is 0 Å². The largest absolute Gasteiger partial charge is 0.367 e. The molecule has 102 valence electrons. The fourth-order valence-corrected chi connectivity index (χ4v) is 1.87. The Kier molecular flexibility index (Phi) is 6.13. The summed E-state index contributed by atoms with van der Waals surface area (Å²) in [7, 11) is 0. The molecule has 0 aromatic heterocycles. The van der Waals surface area contributed by atoms with Crippen molar-refractivity contribution in [1.82, 2.24) is 5.32 Å². The van der Waals surface area contributed by atoms with Gasteiger partial charge < -0.3 is 10.1 Å². The number of hydrogen-bond donors (Lipinski definition) is 1. The third-order valence-corrected chi connectivity index (χ3v) is 2.75. The van der Waals surface area contributed by atoms with Gasteiger partial charge in [-0.25, -0.2) is 0 Å². The molecule has 0 heterocycles. The van der Waals surface area contributed by atoms with E-state index in [1.807, 2.05) is 24.3 Å². The highest BCUT2D eigenvalue weighted by Gasteiger charge is 2.20. The quantitative estimate of drug-likeness (QED) is 0.782. The van der Waals surface area contributed by atoms with Crippen molar-refractivity contribution in [3.05, 3.63) is 34.9 Å². The topological polar surface area (TPSA) is 21.3 Å². The van der Waals surface area contributed by atoms with Crippen LogP contribution in [0, 0.1) is 0 Å². The predicted molar refractivity (Wildman–Crippen MR) is 78.2 cm³/mol. The first-order valence-electron chi connectivity index (χ1n) is 6.56. The fraction of sp³-hybridized carbons (Fsp3) is 0.600. The van der Waals surface area contributed by atoms with Gasteiger partial charge in [-0.15, -0.1) is 0 Å². The fourth-order valence-electron chi connectivity index (χ4n) is 1.74. The summed E-state index contributed by atoms with van der Waals surface area (Å²) in [5.74, 6) is 0. The first-order chi connectivity index (χ1) is 8.42. The van der Waals surface area contributed by atoms with E-state index in [9.17, 15) is 0 Å². The third-order valence-electron chi connectivity index (χ3n) is 2.49. The van der Waals surface area contributed by atoms with E-state index in [0.717, 1.165) is 30.1 Å². The second-order valence-corrected chi connectivity index (χ2v) is 5.91. The normalized spacial score (nSPS) is 13.6. The summed E-state index contributed by atoms with van der Waals surface area (Å²) in [6, 6.07) is 7.89. The van der Waals surface area contributed by atoms with Crippen molar-refractivity contribution in [2.45, 2.75) is 45.8 Å². The average molecular weight is 270 g/mol. The van der Waals surface area contributed by atoms with E-state index in [0.29, 0.717) is 0 Å². The molecule has 0 saturated carbocycles. The SMILES string of the molecule is CCCNCC(OC(C)(C)C)c1ccc(Cl)cc1. The molecule has 0 saturated heterocycles. The zero-order valence-corrected chi connectivity index (χ0v) is 12.6. The Labute approximate surface area is 116 Å². The Bertz CT molecular complexity index is 343. The average Bonchev–Trinajstić information content (AvgIpc) is 2.27. The molecular weight excluding hydrogens is 246 g/mol. The van der Waals surface area contributed by atoms with Crippen LogP contribution in [0.3, 0.4) is 0 Å². The standard InChI is InChI=1S/C15H24ClNO/c1-5-10-17-11-14(18-15(2,3)4)12-6-8-13(16)9-7-12/h6-9,14,17H,5,10-11H2,1-4H3. The summed E-state index contributed by atoms with van der Waals surface area (Å²) in [4.78, 5) is 0. The van der Waals surface area contributed by atoms with Crippen LogP contribution in [0.4, 0.5) is 0 Å². The van der Waals surface area contributed by atoms with Gasteiger partial charge in [0, 0.05) is 11.6 Å². The van der Waals surface area contributed by atoms with Gasteiger partial charge in [-0.1, -0.05) is 30.7 Å². The predicted octanol–water partition coefficient (Wildman–Crippen LogP) is 4.20. The molecule has 2 nitrogen and oxygen atoms in total. The van der Waals surface area contributed by atoms with Crippen LogP contribution in [0.5, 0.6) is 0 Å². The number of halogens is 1. The Morgan fingerprint density at radius 1 is 1.22 bits per heavy atom. The van der Waals surface area contributed by atoms with Crippen molar-refractivity contribution in [1.29, 1.82) is 0 Å². The van der Waals surface area contributed by atoms with E-state index in [1.165, 1.54) is 0 Å². The molecule has 1 aromatic rings. The van der Waals surface area contributed by atoms with Crippen molar-refractivity contribution < 1.29 is 4.74 Å². The van der Waals surface area contributed by atoms with Crippen LogP contribution in [0.15, 0.2) is 24.3 Å². The van der Waals surface area contributed by atoms with Gasteiger partial charge in [0.15, 0.2) is 0 Å². The molecule has 1 atom stereocenters. The monoisotopic (exact) mass is 269 g/mol. The maximum absolute atomic E-state index is 6.10. The van der Waals surface area contributed by atoms with Crippen LogP contribution in [0.25, 0.3) is 0 Å². The molecule has 0 aliphatic carbocycles. The Morgan fingerprint density at radius 2 is 1.83 bits per heavy atom. The lowest BCUT2D eigenvalue weighted by Gasteiger charge is -2.28. The summed E-state index contributed by atoms with van der Waals surface area (Å²) >= 11 is 5.92. The van der Waals surface area contributed by atoms with E-state index in [1.54, 1.807) is 0 Å². The first-order valence-corrected chi connectivity index (χ1v) is 6.94. The number of nitrogens with one attached hydrogen (secondary N) is 1. The maximum Gasteiger partial charge on any atom is 0.0956 e. The second kappa shape index (κ2) is 7.13. The van der Waals surface area contributed by atoms with Crippen LogP contribution < -0.4 is 5.32 Å². The Hall–Kier alpha value is -0.570. The van der Waals surface area contributed by atoms with Crippen LogP contribution >= 0.6 is 11.6 Å². The second-order valence-electron chi connectivity index (χ2n) is 5.47. The minimum Gasteiger partial charge on any atom is -0.367 e. The smallest absolute Gasteiger partial charge is 0.0956 e. The van der Waals surface area contributed by atoms with Gasteiger partial charge in [-0.2, -0.15) is 0 Å². The van der Waals surface area contributed by atoms with E-state index >= 15 is 0 Å². The van der Waals surface area contributed by atoms with Gasteiger partial charge in [-0.05, 0) is 51.4 Å². The molecule has 3 heteroatoms. The molecule has 1 aromatic carbocycles. The summed E-state index contributed by atoms with van der Waals surface area (Å²) in [6.45, 7) is 10.2. The highest BCUT2D eigenvalue weighted by molar-refractivity contribution is 6.30. The molecule has 0 bridgehead atoms. The summed E-state index contributed by atoms with van der Waals surface area (Å²) in [5, 5.41) is 4.17. The number of hydrogen-bond acceptors (Lipinski definition) is 2. The summed E-state index contributed by atoms with van der Waals surface area (Å²) < 4.78 is 6.10.